The number of thiazole rings is 1. The summed E-state index contributed by atoms with van der Waals surface area (Å²) in [5, 5.41) is 7.86. The molecule has 2 N–H and O–H groups in total. The summed E-state index contributed by atoms with van der Waals surface area (Å²) >= 11 is 1.77. The number of ether oxygens (including phenoxy) is 1. The number of aliphatic imine (C=N–C) groups is 1. The lowest BCUT2D eigenvalue weighted by Gasteiger charge is -2.13. The van der Waals surface area contributed by atoms with Crippen LogP contribution in [0.15, 0.2) is 23.2 Å². The molecule has 0 amide bonds. The number of nitrogens with zero attached hydrogens (tertiary/aromatic N) is 2. The molecule has 0 bridgehead atoms. The fourth-order valence-electron chi connectivity index (χ4n) is 2.74. The molecule has 0 radical (unpaired) electrons. The van der Waals surface area contributed by atoms with Crippen molar-refractivity contribution in [3.05, 3.63) is 44.9 Å². The van der Waals surface area contributed by atoms with Crippen LogP contribution in [0.25, 0.3) is 0 Å². The highest BCUT2D eigenvalue weighted by molar-refractivity contribution is 7.11. The van der Waals surface area contributed by atoms with Gasteiger partial charge in [-0.2, -0.15) is 0 Å². The molecule has 0 spiro atoms. The monoisotopic (exact) mass is 360 g/mol. The number of aromatic nitrogens is 1. The molecule has 0 aliphatic heterocycles. The van der Waals surface area contributed by atoms with E-state index in [9.17, 15) is 0 Å². The normalized spacial score (nSPS) is 11.5. The molecule has 0 saturated carbocycles. The first-order chi connectivity index (χ1) is 12.0. The summed E-state index contributed by atoms with van der Waals surface area (Å²) in [5.41, 5.74) is 3.59. The second-order valence-corrected chi connectivity index (χ2v) is 7.27. The van der Waals surface area contributed by atoms with Gasteiger partial charge in [-0.05, 0) is 38.8 Å². The summed E-state index contributed by atoms with van der Waals surface area (Å²) in [6.45, 7) is 7.86. The average Bonchev–Trinajstić information content (AvgIpc) is 2.91. The third-order valence-corrected chi connectivity index (χ3v) is 5.12. The van der Waals surface area contributed by atoms with Gasteiger partial charge in [0.15, 0.2) is 5.96 Å². The fourth-order valence-corrected chi connectivity index (χ4v) is 3.68. The highest BCUT2D eigenvalue weighted by Crippen LogP contribution is 2.19. The molecule has 2 aromatic rings. The molecule has 6 heteroatoms. The lowest BCUT2D eigenvalue weighted by molar-refractivity contribution is 0.409. The van der Waals surface area contributed by atoms with E-state index in [1.165, 1.54) is 16.0 Å². The zero-order chi connectivity index (χ0) is 18.2. The van der Waals surface area contributed by atoms with Gasteiger partial charge in [0, 0.05) is 31.4 Å². The number of nitrogens with one attached hydrogen (secondary N) is 2. The number of hydrogen-bond acceptors (Lipinski definition) is 4. The molecular formula is C19H28N4OS. The predicted octanol–water partition coefficient (Wildman–Crippen LogP) is 3.03. The molecule has 5 nitrogen and oxygen atoms in total. The summed E-state index contributed by atoms with van der Waals surface area (Å²) in [4.78, 5) is 10.1. The number of benzene rings is 1. The number of methoxy groups -OCH3 is 1. The highest BCUT2D eigenvalue weighted by atomic mass is 32.1. The predicted molar refractivity (Wildman–Crippen MR) is 106 cm³/mol. The van der Waals surface area contributed by atoms with E-state index < -0.39 is 0 Å². The average molecular weight is 361 g/mol. The Morgan fingerprint density at radius 1 is 1.16 bits per heavy atom. The number of aryl methyl sites for hydroxylation is 3. The number of rotatable bonds is 7. The van der Waals surface area contributed by atoms with Crippen LogP contribution in [0.5, 0.6) is 5.75 Å². The van der Waals surface area contributed by atoms with Crippen molar-refractivity contribution in [2.45, 2.75) is 33.6 Å². The maximum absolute atomic E-state index is 5.43. The van der Waals surface area contributed by atoms with Crippen LogP contribution in [0, 0.1) is 20.8 Å². The number of guanidine groups is 1. The lowest BCUT2D eigenvalue weighted by Crippen LogP contribution is -2.39. The highest BCUT2D eigenvalue weighted by Gasteiger charge is 2.06. The van der Waals surface area contributed by atoms with Crippen LogP contribution < -0.4 is 15.4 Å². The molecule has 0 aliphatic rings. The molecule has 1 aromatic carbocycles. The second-order valence-electron chi connectivity index (χ2n) is 5.98. The van der Waals surface area contributed by atoms with Crippen LogP contribution >= 0.6 is 11.3 Å². The van der Waals surface area contributed by atoms with Crippen LogP contribution in [0.2, 0.25) is 0 Å². The van der Waals surface area contributed by atoms with E-state index in [4.69, 9.17) is 4.74 Å². The van der Waals surface area contributed by atoms with Crippen molar-refractivity contribution in [2.24, 2.45) is 4.99 Å². The Morgan fingerprint density at radius 3 is 2.48 bits per heavy atom. The summed E-state index contributed by atoms with van der Waals surface area (Å²) in [7, 11) is 3.51. The van der Waals surface area contributed by atoms with E-state index in [0.29, 0.717) is 0 Å². The maximum Gasteiger partial charge on any atom is 0.190 e. The van der Waals surface area contributed by atoms with Crippen molar-refractivity contribution >= 4 is 17.3 Å². The third kappa shape index (κ3) is 5.74. The summed E-state index contributed by atoms with van der Waals surface area (Å²) in [5.74, 6) is 1.76. The molecule has 25 heavy (non-hydrogen) atoms. The Labute approximate surface area is 154 Å². The van der Waals surface area contributed by atoms with Gasteiger partial charge in [-0.15, -0.1) is 11.3 Å². The van der Waals surface area contributed by atoms with Crippen molar-refractivity contribution in [3.8, 4) is 5.75 Å². The molecule has 1 heterocycles. The smallest absolute Gasteiger partial charge is 0.190 e. The first kappa shape index (κ1) is 19.2. The second kappa shape index (κ2) is 9.42. The van der Waals surface area contributed by atoms with E-state index in [0.717, 1.165) is 48.3 Å². The maximum atomic E-state index is 5.43. The Kier molecular flexibility index (Phi) is 7.25. The topological polar surface area (TPSA) is 58.5 Å². The molecule has 136 valence electrons. The van der Waals surface area contributed by atoms with E-state index in [2.05, 4.69) is 53.5 Å². The molecule has 0 aliphatic carbocycles. The largest absolute Gasteiger partial charge is 0.496 e. The van der Waals surface area contributed by atoms with Crippen molar-refractivity contribution < 1.29 is 4.74 Å². The molecule has 1 aromatic heterocycles. The zero-order valence-electron chi connectivity index (χ0n) is 15.8. The molecule has 0 atom stereocenters. The molecular weight excluding hydrogens is 332 g/mol. The van der Waals surface area contributed by atoms with Gasteiger partial charge in [-0.3, -0.25) is 4.99 Å². The zero-order valence-corrected chi connectivity index (χ0v) is 16.6. The van der Waals surface area contributed by atoms with Crippen molar-refractivity contribution in [3.63, 3.8) is 0 Å². The van der Waals surface area contributed by atoms with Crippen LogP contribution in [0.4, 0.5) is 0 Å². The summed E-state index contributed by atoms with van der Waals surface area (Å²) < 4.78 is 5.43. The SMILES string of the molecule is CN=C(NCCc1cc(C)ccc1OC)NCCc1sc(C)nc1C. The Balaban J connectivity index is 1.79. The van der Waals surface area contributed by atoms with Gasteiger partial charge in [0.1, 0.15) is 5.75 Å². The fraction of sp³-hybridized carbons (Fsp3) is 0.474. The van der Waals surface area contributed by atoms with Gasteiger partial charge in [-0.1, -0.05) is 17.7 Å². The molecule has 0 saturated heterocycles. The van der Waals surface area contributed by atoms with E-state index in [1.54, 1.807) is 25.5 Å². The molecule has 2 rings (SSSR count). The van der Waals surface area contributed by atoms with Crippen LogP contribution in [-0.2, 0) is 12.8 Å². The Bertz CT molecular complexity index is 724. The van der Waals surface area contributed by atoms with Gasteiger partial charge >= 0.3 is 0 Å². The Hall–Kier alpha value is -2.08. The van der Waals surface area contributed by atoms with Crippen LogP contribution in [-0.4, -0.2) is 38.2 Å². The number of hydrogen-bond donors (Lipinski definition) is 2. The van der Waals surface area contributed by atoms with Crippen LogP contribution in [0.1, 0.15) is 26.7 Å². The standard InChI is InChI=1S/C19H28N4OS/c1-13-6-7-17(24-5)16(12-13)8-10-21-19(20-4)22-11-9-18-14(2)23-15(3)25-18/h6-7,12H,8-11H2,1-5H3,(H2,20,21,22). The van der Waals surface area contributed by atoms with Crippen molar-refractivity contribution in [1.82, 2.24) is 15.6 Å². The quantitative estimate of drug-likeness (QED) is 0.589. The van der Waals surface area contributed by atoms with Gasteiger partial charge in [0.05, 0.1) is 17.8 Å². The first-order valence-corrected chi connectivity index (χ1v) is 9.36. The Morgan fingerprint density at radius 2 is 1.88 bits per heavy atom. The van der Waals surface area contributed by atoms with Crippen LogP contribution in [0.3, 0.4) is 0 Å². The minimum Gasteiger partial charge on any atom is -0.496 e. The van der Waals surface area contributed by atoms with Crippen molar-refractivity contribution in [2.75, 3.05) is 27.2 Å². The van der Waals surface area contributed by atoms with Gasteiger partial charge in [0.2, 0.25) is 0 Å². The van der Waals surface area contributed by atoms with Crippen molar-refractivity contribution in [1.29, 1.82) is 0 Å². The molecule has 0 fully saturated rings. The van der Waals surface area contributed by atoms with Gasteiger partial charge < -0.3 is 15.4 Å². The minimum atomic E-state index is 0.804. The third-order valence-electron chi connectivity index (χ3n) is 3.99. The van der Waals surface area contributed by atoms with E-state index in [-0.39, 0.29) is 0 Å². The minimum absolute atomic E-state index is 0.804. The van der Waals surface area contributed by atoms with E-state index in [1.807, 2.05) is 6.07 Å². The molecule has 0 unspecified atom stereocenters. The van der Waals surface area contributed by atoms with Gasteiger partial charge in [-0.25, -0.2) is 4.98 Å². The first-order valence-electron chi connectivity index (χ1n) is 8.54. The van der Waals surface area contributed by atoms with Gasteiger partial charge in [0.25, 0.3) is 0 Å². The summed E-state index contributed by atoms with van der Waals surface area (Å²) in [6, 6.07) is 6.27. The summed E-state index contributed by atoms with van der Waals surface area (Å²) in [6.07, 6.45) is 1.85. The van der Waals surface area contributed by atoms with E-state index >= 15 is 0 Å². The lowest BCUT2D eigenvalue weighted by atomic mass is 10.1.